The quantitative estimate of drug-likeness (QED) is 0.634. The molecule has 6 nitrogen and oxygen atoms in total. The molecule has 0 radical (unpaired) electrons. The number of unbranched alkanes of at least 4 members (excludes halogenated alkanes) is 5. The number of nitrogens with zero attached hydrogens (tertiary/aromatic N) is 3. The maximum absolute atomic E-state index is 11.1. The summed E-state index contributed by atoms with van der Waals surface area (Å²) in [5.41, 5.74) is 1.62. The fourth-order valence-corrected chi connectivity index (χ4v) is 2.74. The van der Waals surface area contributed by atoms with Gasteiger partial charge in [0, 0.05) is 6.20 Å². The van der Waals surface area contributed by atoms with Gasteiger partial charge in [0.05, 0.1) is 23.6 Å². The summed E-state index contributed by atoms with van der Waals surface area (Å²) in [5, 5.41) is 22.7. The number of aromatic nitrogens is 2. The van der Waals surface area contributed by atoms with Crippen molar-refractivity contribution in [3.63, 3.8) is 0 Å². The number of carbonyl (C=O) groups is 1. The van der Waals surface area contributed by atoms with Gasteiger partial charge in [0.2, 0.25) is 0 Å². The molecule has 2 aromatic rings. The van der Waals surface area contributed by atoms with Gasteiger partial charge in [0.25, 0.3) is 0 Å². The largest absolute Gasteiger partial charge is 0.492 e. The van der Waals surface area contributed by atoms with Crippen LogP contribution in [0.1, 0.15) is 67.1 Å². The van der Waals surface area contributed by atoms with Gasteiger partial charge < -0.3 is 9.84 Å². The van der Waals surface area contributed by atoms with Gasteiger partial charge in [0.15, 0.2) is 0 Å². The summed E-state index contributed by atoms with van der Waals surface area (Å²) in [6, 6.07) is 7.31. The Bertz CT molecular complexity index is 790. The van der Waals surface area contributed by atoms with Crippen LogP contribution in [0.5, 0.6) is 5.75 Å². The van der Waals surface area contributed by atoms with Crippen LogP contribution in [0.3, 0.4) is 0 Å². The van der Waals surface area contributed by atoms with Crippen LogP contribution in [0.25, 0.3) is 5.69 Å². The van der Waals surface area contributed by atoms with Gasteiger partial charge in [-0.1, -0.05) is 39.0 Å². The van der Waals surface area contributed by atoms with E-state index in [1.165, 1.54) is 36.6 Å². The Hall–Kier alpha value is -2.81. The molecule has 26 heavy (non-hydrogen) atoms. The third-order valence-electron chi connectivity index (χ3n) is 4.23. The Morgan fingerprint density at radius 1 is 1.27 bits per heavy atom. The van der Waals surface area contributed by atoms with Crippen LogP contribution in [0.4, 0.5) is 0 Å². The maximum Gasteiger partial charge on any atom is 0.339 e. The molecule has 138 valence electrons. The van der Waals surface area contributed by atoms with Gasteiger partial charge in [-0.15, -0.1) is 0 Å². The Kier molecular flexibility index (Phi) is 7.22. The zero-order valence-corrected chi connectivity index (χ0v) is 15.4. The predicted molar refractivity (Wildman–Crippen MR) is 98.8 cm³/mol. The molecular formula is C20H25N3O3. The van der Waals surface area contributed by atoms with Gasteiger partial charge in [-0.2, -0.15) is 10.4 Å². The summed E-state index contributed by atoms with van der Waals surface area (Å²) in [4.78, 5) is 11.1. The molecule has 0 atom stereocenters. The van der Waals surface area contributed by atoms with Gasteiger partial charge in [0.1, 0.15) is 17.4 Å². The SMILES string of the molecule is CCCCCCCCOc1ccc(-n2cc(C(=O)O)c(C)n2)cc1C#N. The molecule has 0 amide bonds. The Labute approximate surface area is 154 Å². The van der Waals surface area contributed by atoms with Crippen molar-refractivity contribution < 1.29 is 14.6 Å². The van der Waals surface area contributed by atoms with Crippen LogP contribution in [0.15, 0.2) is 24.4 Å². The lowest BCUT2D eigenvalue weighted by molar-refractivity contribution is 0.0696. The Morgan fingerprint density at radius 2 is 2.00 bits per heavy atom. The molecule has 0 spiro atoms. The highest BCUT2D eigenvalue weighted by Crippen LogP contribution is 2.22. The number of benzene rings is 1. The second-order valence-corrected chi connectivity index (χ2v) is 6.29. The second kappa shape index (κ2) is 9.62. The fraction of sp³-hybridized carbons (Fsp3) is 0.450. The first kappa shape index (κ1) is 19.5. The molecule has 1 aromatic heterocycles. The van der Waals surface area contributed by atoms with E-state index < -0.39 is 5.97 Å². The highest BCUT2D eigenvalue weighted by atomic mass is 16.5. The zero-order valence-electron chi connectivity index (χ0n) is 15.4. The van der Waals surface area contributed by atoms with E-state index in [4.69, 9.17) is 9.84 Å². The lowest BCUT2D eigenvalue weighted by atomic mass is 10.1. The number of carboxylic acid groups (broad SMARTS) is 1. The van der Waals surface area contributed by atoms with E-state index in [2.05, 4.69) is 18.1 Å². The number of aryl methyl sites for hydroxylation is 1. The lowest BCUT2D eigenvalue weighted by Crippen LogP contribution is -2.01. The standard InChI is InChI=1S/C20H25N3O3/c1-3-4-5-6-7-8-11-26-19-10-9-17(12-16(19)13-21)23-14-18(20(24)25)15(2)22-23/h9-10,12,14H,3-8,11H2,1-2H3,(H,24,25). The van der Waals surface area contributed by atoms with Crippen molar-refractivity contribution in [2.24, 2.45) is 0 Å². The molecule has 0 saturated carbocycles. The number of hydrogen-bond acceptors (Lipinski definition) is 4. The first-order chi connectivity index (χ1) is 12.6. The summed E-state index contributed by atoms with van der Waals surface area (Å²) in [6.07, 6.45) is 8.53. The molecule has 6 heteroatoms. The van der Waals surface area contributed by atoms with E-state index in [0.717, 1.165) is 12.8 Å². The number of rotatable bonds is 10. The van der Waals surface area contributed by atoms with Crippen molar-refractivity contribution in [3.8, 4) is 17.5 Å². The van der Waals surface area contributed by atoms with Crippen molar-refractivity contribution in [2.45, 2.75) is 52.4 Å². The minimum absolute atomic E-state index is 0.145. The monoisotopic (exact) mass is 355 g/mol. The van der Waals surface area contributed by atoms with E-state index in [-0.39, 0.29) is 5.56 Å². The molecule has 1 aromatic carbocycles. The molecule has 0 fully saturated rings. The zero-order chi connectivity index (χ0) is 18.9. The predicted octanol–water partition coefficient (Wildman–Crippen LogP) is 4.49. The molecule has 0 aliphatic rings. The molecule has 0 bridgehead atoms. The summed E-state index contributed by atoms with van der Waals surface area (Å²) in [7, 11) is 0. The molecule has 1 heterocycles. The van der Waals surface area contributed by atoms with Crippen LogP contribution in [0, 0.1) is 18.3 Å². The fourth-order valence-electron chi connectivity index (χ4n) is 2.74. The molecule has 0 unspecified atom stereocenters. The number of hydrogen-bond donors (Lipinski definition) is 1. The van der Waals surface area contributed by atoms with E-state index in [0.29, 0.717) is 29.3 Å². The minimum Gasteiger partial charge on any atom is -0.492 e. The van der Waals surface area contributed by atoms with Crippen LogP contribution >= 0.6 is 0 Å². The van der Waals surface area contributed by atoms with Crippen molar-refractivity contribution in [2.75, 3.05) is 6.61 Å². The van der Waals surface area contributed by atoms with Crippen LogP contribution < -0.4 is 4.74 Å². The first-order valence-corrected chi connectivity index (χ1v) is 9.03. The smallest absolute Gasteiger partial charge is 0.339 e. The van der Waals surface area contributed by atoms with Crippen LogP contribution in [0.2, 0.25) is 0 Å². The second-order valence-electron chi connectivity index (χ2n) is 6.29. The summed E-state index contributed by atoms with van der Waals surface area (Å²) in [6.45, 7) is 4.43. The summed E-state index contributed by atoms with van der Waals surface area (Å²) in [5.74, 6) is -0.472. The number of aromatic carboxylic acids is 1. The van der Waals surface area contributed by atoms with Crippen molar-refractivity contribution in [1.29, 1.82) is 5.26 Å². The normalized spacial score (nSPS) is 10.5. The van der Waals surface area contributed by atoms with Crippen molar-refractivity contribution in [1.82, 2.24) is 9.78 Å². The Balaban J connectivity index is 2.00. The van der Waals surface area contributed by atoms with E-state index in [1.54, 1.807) is 25.1 Å². The summed E-state index contributed by atoms with van der Waals surface area (Å²) >= 11 is 0. The molecule has 0 aliphatic heterocycles. The van der Waals surface area contributed by atoms with Crippen LogP contribution in [-0.2, 0) is 0 Å². The van der Waals surface area contributed by atoms with E-state index in [9.17, 15) is 10.1 Å². The van der Waals surface area contributed by atoms with Gasteiger partial charge in [-0.05, 0) is 31.5 Å². The Morgan fingerprint density at radius 3 is 2.65 bits per heavy atom. The van der Waals surface area contributed by atoms with Gasteiger partial charge >= 0.3 is 5.97 Å². The van der Waals surface area contributed by atoms with Gasteiger partial charge in [-0.3, -0.25) is 0 Å². The molecule has 1 N–H and O–H groups in total. The third kappa shape index (κ3) is 5.09. The van der Waals surface area contributed by atoms with E-state index in [1.807, 2.05) is 0 Å². The topological polar surface area (TPSA) is 88.1 Å². The highest BCUT2D eigenvalue weighted by Gasteiger charge is 2.14. The molecule has 2 rings (SSSR count). The van der Waals surface area contributed by atoms with Gasteiger partial charge in [-0.25, -0.2) is 9.48 Å². The van der Waals surface area contributed by atoms with Crippen LogP contribution in [-0.4, -0.2) is 27.5 Å². The van der Waals surface area contributed by atoms with Crippen molar-refractivity contribution in [3.05, 3.63) is 41.2 Å². The lowest BCUT2D eigenvalue weighted by Gasteiger charge is -2.09. The number of carboxylic acids is 1. The first-order valence-electron chi connectivity index (χ1n) is 9.03. The number of nitriles is 1. The molecule has 0 saturated heterocycles. The van der Waals surface area contributed by atoms with Crippen molar-refractivity contribution >= 4 is 5.97 Å². The average molecular weight is 355 g/mol. The number of ether oxygens (including phenoxy) is 1. The third-order valence-corrected chi connectivity index (χ3v) is 4.23. The molecular weight excluding hydrogens is 330 g/mol. The summed E-state index contributed by atoms with van der Waals surface area (Å²) < 4.78 is 7.22. The maximum atomic E-state index is 11.1. The van der Waals surface area contributed by atoms with E-state index >= 15 is 0 Å². The minimum atomic E-state index is -1.02. The molecule has 0 aliphatic carbocycles. The highest BCUT2D eigenvalue weighted by molar-refractivity contribution is 5.88. The average Bonchev–Trinajstić information content (AvgIpc) is 3.03.